The Morgan fingerprint density at radius 3 is 2.40 bits per heavy atom. The zero-order chi connectivity index (χ0) is 14.3. The lowest BCUT2D eigenvalue weighted by Gasteiger charge is -2.20. The number of anilines is 1. The fourth-order valence-electron chi connectivity index (χ4n) is 3.02. The van der Waals surface area contributed by atoms with E-state index in [1.807, 2.05) is 7.05 Å². The third-order valence-electron chi connectivity index (χ3n) is 4.17. The third kappa shape index (κ3) is 2.03. The molecule has 0 bridgehead atoms. The van der Waals surface area contributed by atoms with Gasteiger partial charge in [-0.15, -0.1) is 0 Å². The first-order valence-corrected chi connectivity index (χ1v) is 7.13. The van der Waals surface area contributed by atoms with E-state index in [1.54, 1.807) is 4.90 Å². The standard InChI is InChI=1S/C17H20N2O/c1-12-7-8-13(2)19(12)15-10-9-14-5-4-6-17(20)18(3)16(14)11-15/h7-11H,4-6H2,1-3H3. The highest BCUT2D eigenvalue weighted by Gasteiger charge is 2.19. The Morgan fingerprint density at radius 1 is 1.00 bits per heavy atom. The van der Waals surface area contributed by atoms with E-state index in [1.165, 1.54) is 17.0 Å². The van der Waals surface area contributed by atoms with Crippen molar-refractivity contribution in [1.82, 2.24) is 4.57 Å². The van der Waals surface area contributed by atoms with Gasteiger partial charge >= 0.3 is 0 Å². The second-order valence-electron chi connectivity index (χ2n) is 5.57. The normalized spacial score (nSPS) is 15.2. The summed E-state index contributed by atoms with van der Waals surface area (Å²) < 4.78 is 2.23. The first kappa shape index (κ1) is 13.0. The fraction of sp³-hybridized carbons (Fsp3) is 0.353. The molecule has 3 nitrogen and oxygen atoms in total. The van der Waals surface area contributed by atoms with E-state index in [4.69, 9.17) is 0 Å². The van der Waals surface area contributed by atoms with Crippen molar-refractivity contribution in [2.24, 2.45) is 0 Å². The molecule has 1 aromatic carbocycles. The zero-order valence-electron chi connectivity index (χ0n) is 12.3. The average molecular weight is 268 g/mol. The van der Waals surface area contributed by atoms with E-state index in [2.05, 4.69) is 48.7 Å². The van der Waals surface area contributed by atoms with Gasteiger partial charge in [-0.25, -0.2) is 0 Å². The van der Waals surface area contributed by atoms with Crippen LogP contribution in [0.3, 0.4) is 0 Å². The number of fused-ring (bicyclic) bond motifs is 1. The first-order chi connectivity index (χ1) is 9.58. The Bertz CT molecular complexity index is 650. The van der Waals surface area contributed by atoms with Crippen LogP contribution in [-0.4, -0.2) is 17.5 Å². The molecule has 1 aromatic heterocycles. The van der Waals surface area contributed by atoms with Crippen LogP contribution in [0.1, 0.15) is 29.8 Å². The van der Waals surface area contributed by atoms with Crippen molar-refractivity contribution in [1.29, 1.82) is 0 Å². The van der Waals surface area contributed by atoms with Crippen molar-refractivity contribution < 1.29 is 4.79 Å². The van der Waals surface area contributed by atoms with E-state index < -0.39 is 0 Å². The van der Waals surface area contributed by atoms with Crippen LogP contribution in [0.4, 0.5) is 5.69 Å². The third-order valence-corrected chi connectivity index (χ3v) is 4.17. The van der Waals surface area contributed by atoms with E-state index in [9.17, 15) is 4.79 Å². The smallest absolute Gasteiger partial charge is 0.226 e. The lowest BCUT2D eigenvalue weighted by molar-refractivity contribution is -0.118. The van der Waals surface area contributed by atoms with Gasteiger partial charge in [0.05, 0.1) is 0 Å². The second kappa shape index (κ2) is 4.82. The fourth-order valence-corrected chi connectivity index (χ4v) is 3.02. The minimum absolute atomic E-state index is 0.210. The van der Waals surface area contributed by atoms with Gasteiger partial charge in [0.2, 0.25) is 5.91 Å². The van der Waals surface area contributed by atoms with Crippen LogP contribution in [-0.2, 0) is 11.2 Å². The molecule has 0 saturated heterocycles. The van der Waals surface area contributed by atoms with Gasteiger partial charge in [-0.3, -0.25) is 4.79 Å². The molecule has 104 valence electrons. The quantitative estimate of drug-likeness (QED) is 0.778. The molecule has 0 aliphatic carbocycles. The summed E-state index contributed by atoms with van der Waals surface area (Å²) in [6, 6.07) is 10.7. The number of aryl methyl sites for hydroxylation is 3. The summed E-state index contributed by atoms with van der Waals surface area (Å²) in [5.41, 5.74) is 5.88. The summed E-state index contributed by atoms with van der Waals surface area (Å²) >= 11 is 0. The SMILES string of the molecule is Cc1ccc(C)n1-c1ccc2c(c1)N(C)C(=O)CCC2. The van der Waals surface area contributed by atoms with Crippen LogP contribution in [0.2, 0.25) is 0 Å². The number of hydrogen-bond donors (Lipinski definition) is 0. The van der Waals surface area contributed by atoms with Gasteiger partial charge in [-0.1, -0.05) is 6.07 Å². The van der Waals surface area contributed by atoms with Gasteiger partial charge in [-0.05, 0) is 56.5 Å². The summed E-state index contributed by atoms with van der Waals surface area (Å²) in [4.78, 5) is 13.8. The van der Waals surface area contributed by atoms with Gasteiger partial charge in [-0.2, -0.15) is 0 Å². The van der Waals surface area contributed by atoms with Crippen LogP contribution in [0, 0.1) is 13.8 Å². The molecule has 0 fully saturated rings. The molecule has 0 unspecified atom stereocenters. The van der Waals surface area contributed by atoms with Crippen molar-refractivity contribution in [3.63, 3.8) is 0 Å². The van der Waals surface area contributed by atoms with Crippen molar-refractivity contribution >= 4 is 11.6 Å². The highest BCUT2D eigenvalue weighted by atomic mass is 16.2. The summed E-state index contributed by atoms with van der Waals surface area (Å²) in [6.45, 7) is 4.21. The van der Waals surface area contributed by atoms with Crippen molar-refractivity contribution in [2.75, 3.05) is 11.9 Å². The molecule has 0 atom stereocenters. The number of aromatic nitrogens is 1. The molecule has 0 saturated carbocycles. The molecule has 3 heteroatoms. The summed E-state index contributed by atoms with van der Waals surface area (Å²) in [7, 11) is 1.88. The molecule has 2 heterocycles. The van der Waals surface area contributed by atoms with Crippen LogP contribution in [0.15, 0.2) is 30.3 Å². The van der Waals surface area contributed by atoms with E-state index in [0.29, 0.717) is 6.42 Å². The van der Waals surface area contributed by atoms with Gasteiger partial charge < -0.3 is 9.47 Å². The lowest BCUT2D eigenvalue weighted by atomic mass is 10.1. The maximum atomic E-state index is 12.0. The first-order valence-electron chi connectivity index (χ1n) is 7.13. The lowest BCUT2D eigenvalue weighted by Crippen LogP contribution is -2.25. The average Bonchev–Trinajstić information content (AvgIpc) is 2.70. The molecular formula is C17H20N2O. The monoisotopic (exact) mass is 268 g/mol. The number of rotatable bonds is 1. The van der Waals surface area contributed by atoms with E-state index >= 15 is 0 Å². The molecule has 2 aromatic rings. The zero-order valence-corrected chi connectivity index (χ0v) is 12.3. The van der Waals surface area contributed by atoms with E-state index in [-0.39, 0.29) is 5.91 Å². The number of hydrogen-bond acceptors (Lipinski definition) is 1. The largest absolute Gasteiger partial charge is 0.318 e. The Labute approximate surface area is 119 Å². The predicted octanol–water partition coefficient (Wildman–Crippen LogP) is 3.39. The topological polar surface area (TPSA) is 25.2 Å². The predicted molar refractivity (Wildman–Crippen MR) is 81.6 cm³/mol. The molecule has 1 aliphatic rings. The highest BCUT2D eigenvalue weighted by molar-refractivity contribution is 5.94. The molecule has 1 aliphatic heterocycles. The summed E-state index contributed by atoms with van der Waals surface area (Å²) in [5, 5.41) is 0. The maximum Gasteiger partial charge on any atom is 0.226 e. The van der Waals surface area contributed by atoms with Gasteiger partial charge in [0.1, 0.15) is 0 Å². The number of benzene rings is 1. The summed E-state index contributed by atoms with van der Waals surface area (Å²) in [5.74, 6) is 0.210. The van der Waals surface area contributed by atoms with Crippen molar-refractivity contribution in [3.8, 4) is 5.69 Å². The number of carbonyl (C=O) groups excluding carboxylic acids is 1. The maximum absolute atomic E-state index is 12.0. The van der Waals surface area contributed by atoms with Crippen LogP contribution in [0.25, 0.3) is 5.69 Å². The van der Waals surface area contributed by atoms with Crippen LogP contribution >= 0.6 is 0 Å². The molecule has 0 spiro atoms. The highest BCUT2D eigenvalue weighted by Crippen LogP contribution is 2.29. The molecule has 0 N–H and O–H groups in total. The minimum atomic E-state index is 0.210. The Morgan fingerprint density at radius 2 is 1.70 bits per heavy atom. The van der Waals surface area contributed by atoms with E-state index in [0.717, 1.165) is 24.2 Å². The number of amides is 1. The summed E-state index contributed by atoms with van der Waals surface area (Å²) in [6.07, 6.45) is 2.56. The Hall–Kier alpha value is -2.03. The number of carbonyl (C=O) groups is 1. The molecule has 20 heavy (non-hydrogen) atoms. The van der Waals surface area contributed by atoms with Crippen molar-refractivity contribution in [3.05, 3.63) is 47.3 Å². The van der Waals surface area contributed by atoms with Gasteiger partial charge in [0.25, 0.3) is 0 Å². The van der Waals surface area contributed by atoms with Gasteiger partial charge in [0, 0.05) is 36.2 Å². The molecular weight excluding hydrogens is 248 g/mol. The molecule has 3 rings (SSSR count). The number of nitrogens with zero attached hydrogens (tertiary/aromatic N) is 2. The Kier molecular flexibility index (Phi) is 3.13. The van der Waals surface area contributed by atoms with Crippen LogP contribution < -0.4 is 4.90 Å². The van der Waals surface area contributed by atoms with Crippen LogP contribution in [0.5, 0.6) is 0 Å². The second-order valence-corrected chi connectivity index (χ2v) is 5.57. The van der Waals surface area contributed by atoms with Gasteiger partial charge in [0.15, 0.2) is 0 Å². The van der Waals surface area contributed by atoms with Crippen molar-refractivity contribution in [2.45, 2.75) is 33.1 Å². The minimum Gasteiger partial charge on any atom is -0.318 e. The molecule has 0 radical (unpaired) electrons. The molecule has 1 amide bonds. The Balaban J connectivity index is 2.13.